The minimum atomic E-state index is -3.33. The molecule has 4 heteroatoms. The van der Waals surface area contributed by atoms with E-state index in [0.717, 1.165) is 12.8 Å². The molecule has 0 bridgehead atoms. The lowest BCUT2D eigenvalue weighted by Gasteiger charge is -2.31. The second kappa shape index (κ2) is 6.75. The van der Waals surface area contributed by atoms with Gasteiger partial charge in [-0.05, 0) is 36.8 Å². The summed E-state index contributed by atoms with van der Waals surface area (Å²) in [5.74, 6) is 0. The molecule has 0 radical (unpaired) electrons. The van der Waals surface area contributed by atoms with E-state index in [0.29, 0.717) is 5.57 Å². The van der Waals surface area contributed by atoms with Gasteiger partial charge >= 0.3 is 0 Å². The van der Waals surface area contributed by atoms with Crippen molar-refractivity contribution >= 4 is 9.84 Å². The van der Waals surface area contributed by atoms with Crippen molar-refractivity contribution in [1.29, 1.82) is 0 Å². The zero-order valence-electron chi connectivity index (χ0n) is 11.7. The number of hydrogen-bond donors (Lipinski definition) is 1. The molecule has 0 aromatic heterocycles. The maximum Gasteiger partial charge on any atom is 0.183 e. The molecule has 0 saturated heterocycles. The van der Waals surface area contributed by atoms with Crippen LogP contribution in [0.25, 0.3) is 0 Å². The van der Waals surface area contributed by atoms with Crippen LogP contribution < -0.4 is 5.32 Å². The Morgan fingerprint density at radius 1 is 1.37 bits per heavy atom. The summed E-state index contributed by atoms with van der Waals surface area (Å²) in [6.45, 7) is 6.08. The largest absolute Gasteiger partial charge is 0.366 e. The quantitative estimate of drug-likeness (QED) is 0.576. The highest BCUT2D eigenvalue weighted by molar-refractivity contribution is 7.92. The second-order valence-corrected chi connectivity index (χ2v) is 6.98. The van der Waals surface area contributed by atoms with Gasteiger partial charge in [0.15, 0.2) is 14.7 Å². The predicted octanol–water partition coefficient (Wildman–Crippen LogP) is 3.09. The van der Waals surface area contributed by atoms with Crippen LogP contribution in [-0.4, -0.2) is 19.5 Å². The third-order valence-corrected chi connectivity index (χ3v) is 4.88. The van der Waals surface area contributed by atoms with E-state index >= 15 is 0 Å². The summed E-state index contributed by atoms with van der Waals surface area (Å²) in [6, 6.07) is 0. The molecule has 0 spiro atoms. The summed E-state index contributed by atoms with van der Waals surface area (Å²) in [5.41, 5.74) is 0.548. The summed E-state index contributed by atoms with van der Waals surface area (Å²) in [6.07, 6.45) is 16.2. The molecule has 0 amide bonds. The van der Waals surface area contributed by atoms with Crippen molar-refractivity contribution < 1.29 is 8.42 Å². The lowest BCUT2D eigenvalue weighted by Crippen LogP contribution is -2.49. The third kappa shape index (κ3) is 3.83. The van der Waals surface area contributed by atoms with Gasteiger partial charge in [0.2, 0.25) is 0 Å². The van der Waals surface area contributed by atoms with Gasteiger partial charge in [-0.2, -0.15) is 0 Å². The number of unbranched alkanes of at least 4 members (excludes halogenated alkanes) is 3. The van der Waals surface area contributed by atoms with E-state index in [1.54, 1.807) is 24.4 Å². The van der Waals surface area contributed by atoms with E-state index in [9.17, 15) is 8.42 Å². The highest BCUT2D eigenvalue weighted by atomic mass is 32.2. The molecule has 0 aromatic rings. The van der Waals surface area contributed by atoms with Gasteiger partial charge in [-0.1, -0.05) is 44.6 Å². The van der Waals surface area contributed by atoms with Gasteiger partial charge in [0.25, 0.3) is 0 Å². The third-order valence-electron chi connectivity index (χ3n) is 3.19. The van der Waals surface area contributed by atoms with E-state index in [2.05, 4.69) is 18.8 Å². The van der Waals surface area contributed by atoms with Crippen molar-refractivity contribution in [1.82, 2.24) is 5.32 Å². The fourth-order valence-corrected chi connectivity index (χ4v) is 3.15. The monoisotopic (exact) mass is 281 g/mol. The first-order valence-corrected chi connectivity index (χ1v) is 8.51. The number of allylic oxidation sites excluding steroid dienone is 3. The van der Waals surface area contributed by atoms with Gasteiger partial charge in [-0.15, -0.1) is 0 Å². The van der Waals surface area contributed by atoms with Crippen LogP contribution in [-0.2, 0) is 9.84 Å². The predicted molar refractivity (Wildman–Crippen MR) is 81.4 cm³/mol. The molecule has 106 valence electrons. The van der Waals surface area contributed by atoms with E-state index in [1.807, 2.05) is 12.2 Å². The summed E-state index contributed by atoms with van der Waals surface area (Å²) in [4.78, 5) is -1.21. The molecule has 0 aliphatic carbocycles. The molecule has 0 aromatic carbocycles. The average molecular weight is 281 g/mol. The van der Waals surface area contributed by atoms with Crippen LogP contribution in [0.2, 0.25) is 0 Å². The molecule has 1 N–H and O–H groups in total. The summed E-state index contributed by atoms with van der Waals surface area (Å²) in [7, 11) is -3.33. The van der Waals surface area contributed by atoms with Gasteiger partial charge in [0, 0.05) is 6.26 Å². The van der Waals surface area contributed by atoms with Crippen molar-refractivity contribution in [3.05, 3.63) is 48.7 Å². The number of hydrogen-bond acceptors (Lipinski definition) is 3. The van der Waals surface area contributed by atoms with Crippen LogP contribution in [0.5, 0.6) is 0 Å². The van der Waals surface area contributed by atoms with Crippen molar-refractivity contribution in [3.63, 3.8) is 0 Å². The second-order valence-electron chi connectivity index (χ2n) is 4.79. The van der Waals surface area contributed by atoms with Crippen LogP contribution in [0.15, 0.2) is 48.7 Å². The van der Waals surface area contributed by atoms with E-state index in [1.165, 1.54) is 19.1 Å². The maximum absolute atomic E-state index is 12.0. The molecule has 1 aliphatic heterocycles. The number of nitrogens with one attached hydrogen (secondary N) is 1. The molecule has 1 rings (SSSR count). The normalized spacial score (nSPS) is 22.6. The van der Waals surface area contributed by atoms with E-state index < -0.39 is 14.7 Å². The molecular weight excluding hydrogens is 258 g/mol. The van der Waals surface area contributed by atoms with Crippen molar-refractivity contribution in [2.75, 3.05) is 6.26 Å². The van der Waals surface area contributed by atoms with Gasteiger partial charge in [-0.25, -0.2) is 8.42 Å². The van der Waals surface area contributed by atoms with Crippen molar-refractivity contribution in [3.8, 4) is 0 Å². The van der Waals surface area contributed by atoms with Crippen molar-refractivity contribution in [2.24, 2.45) is 0 Å². The minimum Gasteiger partial charge on any atom is -0.366 e. The molecule has 1 atom stereocenters. The van der Waals surface area contributed by atoms with E-state index in [-0.39, 0.29) is 0 Å². The van der Waals surface area contributed by atoms with Gasteiger partial charge in [-0.3, -0.25) is 0 Å². The van der Waals surface area contributed by atoms with Crippen LogP contribution in [0, 0.1) is 0 Å². The molecule has 1 heterocycles. The smallest absolute Gasteiger partial charge is 0.183 e. The molecular formula is C15H23NO2S. The molecule has 1 unspecified atom stereocenters. The number of rotatable bonds is 7. The highest BCUT2D eigenvalue weighted by Gasteiger charge is 2.39. The van der Waals surface area contributed by atoms with Gasteiger partial charge < -0.3 is 5.32 Å². The van der Waals surface area contributed by atoms with Crippen LogP contribution in [0.4, 0.5) is 0 Å². The highest BCUT2D eigenvalue weighted by Crippen LogP contribution is 2.27. The zero-order valence-corrected chi connectivity index (χ0v) is 12.5. The Hall–Kier alpha value is -1.29. The summed E-state index contributed by atoms with van der Waals surface area (Å²) in [5, 5.41) is 2.92. The molecule has 1 aliphatic rings. The Bertz CT molecular complexity index is 500. The summed E-state index contributed by atoms with van der Waals surface area (Å²) < 4.78 is 24.1. The Morgan fingerprint density at radius 2 is 2.11 bits per heavy atom. The number of sulfone groups is 1. The molecule has 0 fully saturated rings. The lowest BCUT2D eigenvalue weighted by molar-refractivity contribution is 0.562. The molecule has 0 saturated carbocycles. The Morgan fingerprint density at radius 3 is 2.63 bits per heavy atom. The Labute approximate surface area is 116 Å². The SMILES string of the molecule is C=C(/C=C/CCCCC)C1(S(C)(=O)=O)C=CC=CN1. The Balaban J connectivity index is 2.81. The topological polar surface area (TPSA) is 46.2 Å². The average Bonchev–Trinajstić information content (AvgIpc) is 2.38. The minimum absolute atomic E-state index is 0.548. The fraction of sp³-hybridized carbons (Fsp3) is 0.467. The Kier molecular flexibility index (Phi) is 5.60. The van der Waals surface area contributed by atoms with Crippen LogP contribution >= 0.6 is 0 Å². The van der Waals surface area contributed by atoms with E-state index in [4.69, 9.17) is 0 Å². The first-order chi connectivity index (χ1) is 8.94. The molecule has 3 nitrogen and oxygen atoms in total. The maximum atomic E-state index is 12.0. The van der Waals surface area contributed by atoms with Crippen LogP contribution in [0.3, 0.4) is 0 Å². The van der Waals surface area contributed by atoms with Gasteiger partial charge in [0.1, 0.15) is 0 Å². The number of dihydropyridines is 1. The van der Waals surface area contributed by atoms with Gasteiger partial charge in [0.05, 0.1) is 0 Å². The lowest BCUT2D eigenvalue weighted by atomic mass is 10.0. The molecule has 19 heavy (non-hydrogen) atoms. The van der Waals surface area contributed by atoms with Crippen molar-refractivity contribution in [2.45, 2.75) is 37.5 Å². The first kappa shape index (κ1) is 15.8. The van der Waals surface area contributed by atoms with Crippen LogP contribution in [0.1, 0.15) is 32.6 Å². The first-order valence-electron chi connectivity index (χ1n) is 6.61. The standard InChI is InChI=1S/C15H23NO2S/c1-4-5-6-7-8-11-14(2)15(19(3,17)18)12-9-10-13-16-15/h8-13,16H,2,4-7H2,1,3H3/b11-8+. The summed E-state index contributed by atoms with van der Waals surface area (Å²) >= 11 is 0. The zero-order chi connectivity index (χ0) is 14.4. The fourth-order valence-electron chi connectivity index (χ4n) is 2.00.